The Balaban J connectivity index is 2.23. The molecule has 1 unspecified atom stereocenters. The zero-order valence-electron chi connectivity index (χ0n) is 11.2. The lowest BCUT2D eigenvalue weighted by Gasteiger charge is -2.32. The Bertz CT molecular complexity index is 423. The van der Waals surface area contributed by atoms with Gasteiger partial charge in [-0.1, -0.05) is 6.07 Å². The van der Waals surface area contributed by atoms with E-state index in [1.54, 1.807) is 0 Å². The number of ether oxygens (including phenoxy) is 1. The maximum atomic E-state index is 12.3. The van der Waals surface area contributed by atoms with Gasteiger partial charge in [-0.05, 0) is 44.2 Å². The number of carbonyl (C=O) groups excluding carboxylic acids is 1. The molecule has 1 heterocycles. The minimum Gasteiger partial charge on any atom is -0.365 e. The Morgan fingerprint density at radius 2 is 2.00 bits per heavy atom. The van der Waals surface area contributed by atoms with Gasteiger partial charge in [-0.15, -0.1) is 0 Å². The summed E-state index contributed by atoms with van der Waals surface area (Å²) in [6.07, 6.45) is -0.371. The predicted molar refractivity (Wildman–Crippen MR) is 71.9 cm³/mol. The molecule has 0 bridgehead atoms. The number of anilines is 1. The van der Waals surface area contributed by atoms with Crippen LogP contribution < -0.4 is 10.2 Å². The van der Waals surface area contributed by atoms with Crippen LogP contribution in [0.5, 0.6) is 0 Å². The van der Waals surface area contributed by atoms with Crippen molar-refractivity contribution >= 4 is 11.6 Å². The molecule has 1 amide bonds. The summed E-state index contributed by atoms with van der Waals surface area (Å²) in [6, 6.07) is 6.21. The molecular formula is C14H20N2O2. The second-order valence-electron chi connectivity index (χ2n) is 4.75. The van der Waals surface area contributed by atoms with Gasteiger partial charge in [0, 0.05) is 18.8 Å². The molecule has 1 atom stereocenters. The van der Waals surface area contributed by atoms with Crippen LogP contribution in [0.2, 0.25) is 0 Å². The first-order valence-corrected chi connectivity index (χ1v) is 6.27. The molecule has 0 aliphatic carbocycles. The molecule has 1 aromatic rings. The predicted octanol–water partition coefficient (Wildman–Crippen LogP) is 1.25. The van der Waals surface area contributed by atoms with E-state index in [-0.39, 0.29) is 12.0 Å². The lowest BCUT2D eigenvalue weighted by molar-refractivity contribution is -0.133. The van der Waals surface area contributed by atoms with E-state index >= 15 is 0 Å². The lowest BCUT2D eigenvalue weighted by atomic mass is 10.1. The molecule has 1 aromatic carbocycles. The summed E-state index contributed by atoms with van der Waals surface area (Å²) in [5.74, 6) is 0.0422. The number of rotatable bonds is 3. The third-order valence-electron chi connectivity index (χ3n) is 3.08. The first-order chi connectivity index (χ1) is 8.61. The monoisotopic (exact) mass is 248 g/mol. The number of morpholine rings is 1. The minimum absolute atomic E-state index is 0.0422. The molecule has 1 N–H and O–H groups in total. The zero-order chi connectivity index (χ0) is 13.1. The van der Waals surface area contributed by atoms with Crippen molar-refractivity contribution in [3.8, 4) is 0 Å². The quantitative estimate of drug-likeness (QED) is 0.875. The smallest absolute Gasteiger partial charge is 0.257 e. The van der Waals surface area contributed by atoms with Gasteiger partial charge in [0.1, 0.15) is 6.10 Å². The number of carbonyl (C=O) groups is 1. The first kappa shape index (κ1) is 13.1. The van der Waals surface area contributed by atoms with Gasteiger partial charge in [0.15, 0.2) is 0 Å². The fourth-order valence-electron chi connectivity index (χ4n) is 2.34. The average Bonchev–Trinajstić information content (AvgIpc) is 2.31. The van der Waals surface area contributed by atoms with E-state index in [1.165, 1.54) is 11.1 Å². The van der Waals surface area contributed by atoms with Gasteiger partial charge in [0.2, 0.25) is 0 Å². The summed E-state index contributed by atoms with van der Waals surface area (Å²) in [5, 5.41) is 2.99. The molecule has 0 saturated carbocycles. The van der Waals surface area contributed by atoms with E-state index in [1.807, 2.05) is 37.9 Å². The second kappa shape index (κ2) is 5.50. The highest BCUT2D eigenvalue weighted by atomic mass is 16.5. The van der Waals surface area contributed by atoms with E-state index in [0.717, 1.165) is 5.69 Å². The summed E-state index contributed by atoms with van der Waals surface area (Å²) in [6.45, 7) is 5.87. The number of hydrogen-bond acceptors (Lipinski definition) is 3. The van der Waals surface area contributed by atoms with Gasteiger partial charge in [0.25, 0.3) is 5.91 Å². The normalized spacial score (nSPS) is 20.3. The topological polar surface area (TPSA) is 41.6 Å². The first-order valence-electron chi connectivity index (χ1n) is 6.27. The summed E-state index contributed by atoms with van der Waals surface area (Å²) in [4.78, 5) is 14.1. The van der Waals surface area contributed by atoms with Crippen LogP contribution in [-0.2, 0) is 9.53 Å². The molecule has 1 fully saturated rings. The van der Waals surface area contributed by atoms with Crippen molar-refractivity contribution in [2.45, 2.75) is 20.0 Å². The van der Waals surface area contributed by atoms with E-state index in [9.17, 15) is 4.79 Å². The van der Waals surface area contributed by atoms with E-state index in [4.69, 9.17) is 4.74 Å². The molecule has 0 radical (unpaired) electrons. The highest BCUT2D eigenvalue weighted by Crippen LogP contribution is 2.21. The molecule has 2 rings (SSSR count). The zero-order valence-corrected chi connectivity index (χ0v) is 11.2. The van der Waals surface area contributed by atoms with Gasteiger partial charge in [-0.2, -0.15) is 0 Å². The molecule has 1 aliphatic heterocycles. The molecule has 4 nitrogen and oxygen atoms in total. The van der Waals surface area contributed by atoms with Gasteiger partial charge in [-0.3, -0.25) is 4.79 Å². The standard InChI is InChI=1S/C14H20N2O2/c1-10-6-11(2)8-12(7-10)16-4-5-18-13(9-15-3)14(16)17/h6-8,13,15H,4-5,9H2,1-3H3. The number of benzene rings is 1. The van der Waals surface area contributed by atoms with Crippen LogP contribution in [0.4, 0.5) is 5.69 Å². The Morgan fingerprint density at radius 1 is 1.33 bits per heavy atom. The van der Waals surface area contributed by atoms with Crippen LogP contribution in [0.25, 0.3) is 0 Å². The van der Waals surface area contributed by atoms with Crippen LogP contribution >= 0.6 is 0 Å². The van der Waals surface area contributed by atoms with Crippen molar-refractivity contribution < 1.29 is 9.53 Å². The summed E-state index contributed by atoms with van der Waals surface area (Å²) in [5.41, 5.74) is 3.32. The highest BCUT2D eigenvalue weighted by Gasteiger charge is 2.29. The fraction of sp³-hybridized carbons (Fsp3) is 0.500. The lowest BCUT2D eigenvalue weighted by Crippen LogP contribution is -2.51. The Hall–Kier alpha value is -1.39. The molecule has 0 spiro atoms. The number of hydrogen-bond donors (Lipinski definition) is 1. The van der Waals surface area contributed by atoms with Crippen LogP contribution in [0.15, 0.2) is 18.2 Å². The highest BCUT2D eigenvalue weighted by molar-refractivity contribution is 5.97. The fourth-order valence-corrected chi connectivity index (χ4v) is 2.34. The molecule has 4 heteroatoms. The van der Waals surface area contributed by atoms with Crippen molar-refractivity contribution in [3.63, 3.8) is 0 Å². The van der Waals surface area contributed by atoms with Crippen molar-refractivity contribution in [1.82, 2.24) is 5.32 Å². The van der Waals surface area contributed by atoms with Crippen molar-refractivity contribution in [2.24, 2.45) is 0 Å². The SMILES string of the molecule is CNCC1OCCN(c2cc(C)cc(C)c2)C1=O. The van der Waals surface area contributed by atoms with Crippen LogP contribution in [0, 0.1) is 13.8 Å². The van der Waals surface area contributed by atoms with E-state index in [0.29, 0.717) is 19.7 Å². The number of amides is 1. The van der Waals surface area contributed by atoms with Gasteiger partial charge >= 0.3 is 0 Å². The van der Waals surface area contributed by atoms with Gasteiger partial charge < -0.3 is 15.0 Å². The largest absolute Gasteiger partial charge is 0.365 e. The Kier molecular flexibility index (Phi) is 3.99. The maximum Gasteiger partial charge on any atom is 0.257 e. The Labute approximate surface area is 108 Å². The third-order valence-corrected chi connectivity index (χ3v) is 3.08. The number of likely N-dealkylation sites (N-methyl/N-ethyl adjacent to an activating group) is 1. The second-order valence-corrected chi connectivity index (χ2v) is 4.75. The molecule has 98 valence electrons. The third kappa shape index (κ3) is 2.71. The molecular weight excluding hydrogens is 228 g/mol. The summed E-state index contributed by atoms with van der Waals surface area (Å²) < 4.78 is 5.49. The van der Waals surface area contributed by atoms with Crippen molar-refractivity contribution in [1.29, 1.82) is 0 Å². The van der Waals surface area contributed by atoms with E-state index in [2.05, 4.69) is 11.4 Å². The maximum absolute atomic E-state index is 12.3. The summed E-state index contributed by atoms with van der Waals surface area (Å²) >= 11 is 0. The van der Waals surface area contributed by atoms with E-state index < -0.39 is 0 Å². The number of nitrogens with zero attached hydrogens (tertiary/aromatic N) is 1. The van der Waals surface area contributed by atoms with Crippen LogP contribution in [-0.4, -0.2) is 38.8 Å². The molecule has 1 aliphatic rings. The molecule has 1 saturated heterocycles. The van der Waals surface area contributed by atoms with Crippen LogP contribution in [0.3, 0.4) is 0 Å². The summed E-state index contributed by atoms with van der Waals surface area (Å²) in [7, 11) is 1.83. The number of aryl methyl sites for hydroxylation is 2. The molecule has 0 aromatic heterocycles. The Morgan fingerprint density at radius 3 is 2.61 bits per heavy atom. The molecule has 18 heavy (non-hydrogen) atoms. The van der Waals surface area contributed by atoms with Gasteiger partial charge in [0.05, 0.1) is 6.61 Å². The van der Waals surface area contributed by atoms with Crippen molar-refractivity contribution in [3.05, 3.63) is 29.3 Å². The average molecular weight is 248 g/mol. The number of nitrogens with one attached hydrogen (secondary N) is 1. The minimum atomic E-state index is -0.371. The van der Waals surface area contributed by atoms with Crippen LogP contribution in [0.1, 0.15) is 11.1 Å². The van der Waals surface area contributed by atoms with Crippen molar-refractivity contribution in [2.75, 3.05) is 31.6 Å². The van der Waals surface area contributed by atoms with Gasteiger partial charge in [-0.25, -0.2) is 0 Å².